The van der Waals surface area contributed by atoms with Crippen LogP contribution in [0, 0.1) is 18.3 Å². The Kier molecular flexibility index (Phi) is 3.49. The second-order valence-corrected chi connectivity index (χ2v) is 8.04. The van der Waals surface area contributed by atoms with E-state index in [2.05, 4.69) is 62.7 Å². The Labute approximate surface area is 133 Å². The summed E-state index contributed by atoms with van der Waals surface area (Å²) in [7, 11) is 0. The number of rotatable bonds is 1. The fraction of sp³-hybridized carbons (Fsp3) is 0.588. The number of aryl methyl sites for hydroxylation is 1. The van der Waals surface area contributed by atoms with E-state index in [1.54, 1.807) is 0 Å². The molecule has 0 bridgehead atoms. The lowest BCUT2D eigenvalue weighted by Crippen LogP contribution is -2.57. The molecule has 2 atom stereocenters. The van der Waals surface area contributed by atoms with Crippen LogP contribution in [0.1, 0.15) is 45.6 Å². The highest BCUT2D eigenvalue weighted by Crippen LogP contribution is 2.44. The van der Waals surface area contributed by atoms with E-state index in [1.165, 1.54) is 12.0 Å². The Morgan fingerprint density at radius 2 is 1.86 bits per heavy atom. The van der Waals surface area contributed by atoms with Gasteiger partial charge in [-0.15, -0.1) is 0 Å². The number of hydrazine groups is 1. The number of thiocarbonyl (C=S) groups is 1. The fourth-order valence-corrected chi connectivity index (χ4v) is 4.53. The van der Waals surface area contributed by atoms with Crippen LogP contribution in [0.4, 0.5) is 5.69 Å². The van der Waals surface area contributed by atoms with Crippen LogP contribution < -0.4 is 15.8 Å². The lowest BCUT2D eigenvalue weighted by atomic mass is 9.68. The zero-order valence-corrected chi connectivity index (χ0v) is 14.2. The Hall–Kier alpha value is -1.13. The quantitative estimate of drug-likeness (QED) is 0.773. The summed E-state index contributed by atoms with van der Waals surface area (Å²) in [5, 5.41) is 6.38. The average Bonchev–Trinajstić information content (AvgIpc) is 2.63. The highest BCUT2D eigenvalue weighted by molar-refractivity contribution is 7.80. The molecule has 2 N–H and O–H groups in total. The molecule has 1 aliphatic heterocycles. The summed E-state index contributed by atoms with van der Waals surface area (Å²) in [4.78, 5) is 0. The van der Waals surface area contributed by atoms with Gasteiger partial charge in [0.1, 0.15) is 5.66 Å². The Balaban J connectivity index is 1.85. The molecule has 3 rings (SSSR count). The molecule has 1 saturated carbocycles. The molecule has 2 fully saturated rings. The van der Waals surface area contributed by atoms with Gasteiger partial charge in [-0.05, 0) is 61.9 Å². The maximum atomic E-state index is 5.57. The fourth-order valence-electron chi connectivity index (χ4n) is 4.18. The average molecular weight is 303 g/mol. The number of anilines is 1. The van der Waals surface area contributed by atoms with Crippen LogP contribution in [-0.4, -0.2) is 10.8 Å². The molecule has 1 heterocycles. The third-order valence-corrected chi connectivity index (χ3v) is 4.83. The number of hydrogen-bond acceptors (Lipinski definition) is 2. The van der Waals surface area contributed by atoms with Gasteiger partial charge in [0.15, 0.2) is 5.11 Å². The van der Waals surface area contributed by atoms with E-state index in [9.17, 15) is 0 Å². The molecule has 0 radical (unpaired) electrons. The highest BCUT2D eigenvalue weighted by Gasteiger charge is 2.48. The highest BCUT2D eigenvalue weighted by atomic mass is 32.1. The Morgan fingerprint density at radius 1 is 1.19 bits per heavy atom. The largest absolute Gasteiger partial charge is 0.342 e. The van der Waals surface area contributed by atoms with Gasteiger partial charge < -0.3 is 5.32 Å². The lowest BCUT2D eigenvalue weighted by molar-refractivity contribution is 0.0828. The molecule has 1 aliphatic carbocycles. The SMILES string of the molecule is Cc1ccc(N2NC3(CC(C)CC(C)(C)C3)NC2=S)cc1. The standard InChI is InChI=1S/C17H25N3S/c1-12-5-7-14(8-6-12)20-15(21)18-17(19-20)10-13(2)9-16(3,4)11-17/h5-8,13,19H,9-11H2,1-4H3,(H,18,21). The summed E-state index contributed by atoms with van der Waals surface area (Å²) >= 11 is 5.57. The van der Waals surface area contributed by atoms with E-state index in [0.717, 1.165) is 23.6 Å². The van der Waals surface area contributed by atoms with Gasteiger partial charge in [0.2, 0.25) is 0 Å². The van der Waals surface area contributed by atoms with Crippen molar-refractivity contribution in [1.82, 2.24) is 10.7 Å². The number of nitrogens with zero attached hydrogens (tertiary/aromatic N) is 1. The second-order valence-electron chi connectivity index (χ2n) is 7.65. The molecular formula is C17H25N3S. The first-order valence-corrected chi connectivity index (χ1v) is 8.16. The van der Waals surface area contributed by atoms with Crippen LogP contribution >= 0.6 is 12.2 Å². The number of hydrogen-bond donors (Lipinski definition) is 2. The number of benzene rings is 1. The minimum Gasteiger partial charge on any atom is -0.342 e. The molecule has 2 unspecified atom stereocenters. The minimum absolute atomic E-state index is 0.0941. The van der Waals surface area contributed by atoms with Gasteiger partial charge in [0.25, 0.3) is 0 Å². The molecule has 1 spiro atoms. The van der Waals surface area contributed by atoms with Crippen LogP contribution in [0.3, 0.4) is 0 Å². The normalized spacial score (nSPS) is 31.5. The molecular weight excluding hydrogens is 278 g/mol. The first-order valence-electron chi connectivity index (χ1n) is 7.75. The third-order valence-electron chi connectivity index (χ3n) is 4.55. The van der Waals surface area contributed by atoms with Gasteiger partial charge in [-0.25, -0.2) is 5.43 Å². The van der Waals surface area contributed by atoms with Crippen molar-refractivity contribution >= 4 is 23.0 Å². The summed E-state index contributed by atoms with van der Waals surface area (Å²) in [6.07, 6.45) is 3.47. The van der Waals surface area contributed by atoms with Crippen molar-refractivity contribution in [2.75, 3.05) is 5.01 Å². The van der Waals surface area contributed by atoms with Crippen molar-refractivity contribution in [2.24, 2.45) is 11.3 Å². The number of nitrogens with one attached hydrogen (secondary N) is 2. The molecule has 3 nitrogen and oxygen atoms in total. The van der Waals surface area contributed by atoms with Gasteiger partial charge in [0, 0.05) is 0 Å². The van der Waals surface area contributed by atoms with Gasteiger partial charge in [0.05, 0.1) is 5.69 Å². The Morgan fingerprint density at radius 3 is 2.48 bits per heavy atom. The van der Waals surface area contributed by atoms with Crippen LogP contribution in [0.15, 0.2) is 24.3 Å². The Bertz CT molecular complexity index is 552. The van der Waals surface area contributed by atoms with E-state index in [-0.39, 0.29) is 5.66 Å². The van der Waals surface area contributed by atoms with Crippen molar-refractivity contribution in [3.05, 3.63) is 29.8 Å². The van der Waals surface area contributed by atoms with Crippen molar-refractivity contribution in [3.63, 3.8) is 0 Å². The van der Waals surface area contributed by atoms with Crippen LogP contribution in [-0.2, 0) is 0 Å². The van der Waals surface area contributed by atoms with Crippen molar-refractivity contribution in [3.8, 4) is 0 Å². The molecule has 114 valence electrons. The summed E-state index contributed by atoms with van der Waals surface area (Å²) in [6.45, 7) is 9.14. The van der Waals surface area contributed by atoms with Gasteiger partial charge in [-0.1, -0.05) is 38.5 Å². The van der Waals surface area contributed by atoms with E-state index in [0.29, 0.717) is 11.3 Å². The summed E-state index contributed by atoms with van der Waals surface area (Å²) < 4.78 is 0. The molecule has 0 aromatic heterocycles. The predicted molar refractivity (Wildman–Crippen MR) is 92.1 cm³/mol. The smallest absolute Gasteiger partial charge is 0.189 e. The molecule has 0 amide bonds. The topological polar surface area (TPSA) is 27.3 Å². The maximum Gasteiger partial charge on any atom is 0.189 e. The van der Waals surface area contributed by atoms with E-state index in [1.807, 2.05) is 5.01 Å². The van der Waals surface area contributed by atoms with Crippen molar-refractivity contribution in [2.45, 2.75) is 52.6 Å². The third kappa shape index (κ3) is 2.92. The molecule has 1 saturated heterocycles. The van der Waals surface area contributed by atoms with E-state index < -0.39 is 0 Å². The molecule has 1 aromatic carbocycles. The summed E-state index contributed by atoms with van der Waals surface area (Å²) in [5.74, 6) is 0.689. The zero-order chi connectivity index (χ0) is 15.3. The summed E-state index contributed by atoms with van der Waals surface area (Å²) in [5.41, 5.74) is 6.26. The van der Waals surface area contributed by atoms with Gasteiger partial charge >= 0.3 is 0 Å². The van der Waals surface area contributed by atoms with E-state index >= 15 is 0 Å². The molecule has 4 heteroatoms. The zero-order valence-electron chi connectivity index (χ0n) is 13.4. The van der Waals surface area contributed by atoms with Crippen LogP contribution in [0.2, 0.25) is 0 Å². The molecule has 2 aliphatic rings. The van der Waals surface area contributed by atoms with Gasteiger partial charge in [-0.3, -0.25) is 5.01 Å². The monoisotopic (exact) mass is 303 g/mol. The van der Waals surface area contributed by atoms with Crippen LogP contribution in [0.25, 0.3) is 0 Å². The summed E-state index contributed by atoms with van der Waals surface area (Å²) in [6, 6.07) is 8.48. The minimum atomic E-state index is -0.0941. The van der Waals surface area contributed by atoms with Crippen molar-refractivity contribution < 1.29 is 0 Å². The first kappa shape index (κ1) is 14.8. The molecule has 1 aromatic rings. The van der Waals surface area contributed by atoms with Crippen molar-refractivity contribution in [1.29, 1.82) is 0 Å². The van der Waals surface area contributed by atoms with Gasteiger partial charge in [-0.2, -0.15) is 0 Å². The maximum absolute atomic E-state index is 5.57. The van der Waals surface area contributed by atoms with Crippen LogP contribution in [0.5, 0.6) is 0 Å². The second kappa shape index (κ2) is 4.96. The molecule has 21 heavy (non-hydrogen) atoms. The lowest BCUT2D eigenvalue weighted by Gasteiger charge is -2.45. The first-order chi connectivity index (χ1) is 9.79. The predicted octanol–water partition coefficient (Wildman–Crippen LogP) is 3.74. The van der Waals surface area contributed by atoms with E-state index in [4.69, 9.17) is 12.2 Å².